The molecule has 1 N–H and O–H groups in total. The smallest absolute Gasteiger partial charge is 0.347 e. The van der Waals surface area contributed by atoms with Crippen LogP contribution in [-0.4, -0.2) is 16.1 Å². The molecule has 0 fully saturated rings. The van der Waals surface area contributed by atoms with E-state index in [-0.39, 0.29) is 4.88 Å². The summed E-state index contributed by atoms with van der Waals surface area (Å²) in [7, 11) is 0. The Bertz CT molecular complexity index is 766. The number of nitrogens with zero attached hydrogens (tertiary/aromatic N) is 1. The van der Waals surface area contributed by atoms with Gasteiger partial charge in [-0.2, -0.15) is 0 Å². The highest BCUT2D eigenvalue weighted by atomic mass is 32.1. The van der Waals surface area contributed by atoms with Gasteiger partial charge in [-0.3, -0.25) is 0 Å². The van der Waals surface area contributed by atoms with Gasteiger partial charge in [-0.05, 0) is 16.7 Å². The van der Waals surface area contributed by atoms with E-state index in [1.807, 2.05) is 42.5 Å². The second-order valence-electron chi connectivity index (χ2n) is 4.65. The first kappa shape index (κ1) is 14.3. The number of benzene rings is 2. The highest BCUT2D eigenvalue weighted by molar-refractivity contribution is 7.15. The third-order valence-corrected chi connectivity index (χ3v) is 4.02. The molecule has 0 saturated heterocycles. The molecule has 0 amide bonds. The summed E-state index contributed by atoms with van der Waals surface area (Å²) in [6, 6.07) is 18.2. The minimum absolute atomic E-state index is 0.175. The van der Waals surface area contributed by atoms with Crippen LogP contribution in [0.15, 0.2) is 60.8 Å². The van der Waals surface area contributed by atoms with Gasteiger partial charge in [-0.1, -0.05) is 65.9 Å². The van der Waals surface area contributed by atoms with Gasteiger partial charge in [0.15, 0.2) is 0 Å². The average Bonchev–Trinajstić information content (AvgIpc) is 3.04. The number of carboxylic acid groups (broad SMARTS) is 1. The molecule has 5 heteroatoms. The van der Waals surface area contributed by atoms with E-state index in [2.05, 4.69) is 17.1 Å². The number of hydrogen-bond acceptors (Lipinski definition) is 4. The number of rotatable bonds is 5. The molecule has 22 heavy (non-hydrogen) atoms. The van der Waals surface area contributed by atoms with E-state index < -0.39 is 5.97 Å². The van der Waals surface area contributed by atoms with Crippen molar-refractivity contribution in [2.24, 2.45) is 0 Å². The average molecular weight is 311 g/mol. The molecule has 0 bridgehead atoms. The molecule has 3 rings (SSSR count). The van der Waals surface area contributed by atoms with E-state index >= 15 is 0 Å². The Balaban J connectivity index is 1.65. The molecule has 0 aliphatic rings. The monoisotopic (exact) mass is 311 g/mol. The molecule has 4 nitrogen and oxygen atoms in total. The quantitative estimate of drug-likeness (QED) is 0.771. The van der Waals surface area contributed by atoms with Gasteiger partial charge < -0.3 is 9.84 Å². The van der Waals surface area contributed by atoms with Crippen LogP contribution in [0.25, 0.3) is 11.1 Å². The molecule has 0 aliphatic carbocycles. The van der Waals surface area contributed by atoms with Crippen LogP contribution in [0, 0.1) is 0 Å². The van der Waals surface area contributed by atoms with Gasteiger partial charge >= 0.3 is 5.97 Å². The fourth-order valence-electron chi connectivity index (χ4n) is 1.99. The van der Waals surface area contributed by atoms with Gasteiger partial charge in [-0.15, -0.1) is 0 Å². The number of aromatic nitrogens is 1. The zero-order valence-electron chi connectivity index (χ0n) is 11.6. The topological polar surface area (TPSA) is 59.4 Å². The summed E-state index contributed by atoms with van der Waals surface area (Å²) in [6.07, 6.45) is 1.31. The van der Waals surface area contributed by atoms with E-state index in [9.17, 15) is 4.79 Å². The molecular weight excluding hydrogens is 298 g/mol. The third kappa shape index (κ3) is 3.32. The summed E-state index contributed by atoms with van der Waals surface area (Å²) in [6.45, 7) is 0.363. The second-order valence-corrected chi connectivity index (χ2v) is 5.64. The molecule has 110 valence electrons. The molecule has 0 spiro atoms. The minimum atomic E-state index is -0.987. The largest absolute Gasteiger partial charge is 0.477 e. The zero-order valence-corrected chi connectivity index (χ0v) is 12.4. The first-order valence-corrected chi connectivity index (χ1v) is 7.50. The highest BCUT2D eigenvalue weighted by Gasteiger charge is 2.09. The Morgan fingerprint density at radius 2 is 1.73 bits per heavy atom. The van der Waals surface area contributed by atoms with Crippen molar-refractivity contribution in [2.45, 2.75) is 6.61 Å². The fourth-order valence-corrected chi connectivity index (χ4v) is 2.60. The number of hydrogen-bond donors (Lipinski definition) is 1. The summed E-state index contributed by atoms with van der Waals surface area (Å²) in [5, 5.41) is 9.20. The van der Waals surface area contributed by atoms with E-state index in [1.54, 1.807) is 0 Å². The van der Waals surface area contributed by atoms with Crippen LogP contribution in [-0.2, 0) is 6.61 Å². The van der Waals surface area contributed by atoms with Crippen LogP contribution in [0.4, 0.5) is 0 Å². The number of aromatic carboxylic acids is 1. The van der Waals surface area contributed by atoms with Gasteiger partial charge in [-0.25, -0.2) is 9.78 Å². The van der Waals surface area contributed by atoms with Crippen molar-refractivity contribution < 1.29 is 14.6 Å². The first-order valence-electron chi connectivity index (χ1n) is 6.68. The Morgan fingerprint density at radius 3 is 2.36 bits per heavy atom. The maximum Gasteiger partial charge on any atom is 0.347 e. The van der Waals surface area contributed by atoms with Gasteiger partial charge in [0.1, 0.15) is 11.5 Å². The predicted molar refractivity (Wildman–Crippen MR) is 85.3 cm³/mol. The summed E-state index contributed by atoms with van der Waals surface area (Å²) in [4.78, 5) is 14.9. The number of ether oxygens (including phenoxy) is 1. The lowest BCUT2D eigenvalue weighted by Crippen LogP contribution is -1.94. The molecule has 1 heterocycles. The first-order chi connectivity index (χ1) is 10.7. The van der Waals surface area contributed by atoms with Gasteiger partial charge in [0.25, 0.3) is 5.19 Å². The SMILES string of the molecule is O=C(O)c1cnc(OCc2ccc(-c3ccccc3)cc2)s1. The molecule has 3 aromatic rings. The van der Waals surface area contributed by atoms with Gasteiger partial charge in [0.2, 0.25) is 0 Å². The minimum Gasteiger partial charge on any atom is -0.477 e. The Hall–Kier alpha value is -2.66. The Labute approximate surface area is 131 Å². The van der Waals surface area contributed by atoms with Crippen molar-refractivity contribution in [1.29, 1.82) is 0 Å². The molecule has 0 unspecified atom stereocenters. The van der Waals surface area contributed by atoms with E-state index in [4.69, 9.17) is 9.84 Å². The van der Waals surface area contributed by atoms with Crippen LogP contribution in [0.2, 0.25) is 0 Å². The van der Waals surface area contributed by atoms with Crippen LogP contribution in [0.5, 0.6) is 5.19 Å². The van der Waals surface area contributed by atoms with E-state index in [1.165, 1.54) is 11.8 Å². The van der Waals surface area contributed by atoms with Crippen molar-refractivity contribution in [3.8, 4) is 16.3 Å². The number of carboxylic acids is 1. The lowest BCUT2D eigenvalue weighted by atomic mass is 10.0. The number of carbonyl (C=O) groups is 1. The summed E-state index contributed by atoms with van der Waals surface area (Å²) in [5.41, 5.74) is 3.32. The molecule has 1 aromatic heterocycles. The van der Waals surface area contributed by atoms with Crippen LogP contribution in [0.3, 0.4) is 0 Å². The third-order valence-electron chi connectivity index (χ3n) is 3.12. The van der Waals surface area contributed by atoms with Crippen LogP contribution >= 0.6 is 11.3 Å². The summed E-state index contributed by atoms with van der Waals surface area (Å²) in [5.74, 6) is -0.987. The molecular formula is C17H13NO3S. The van der Waals surface area contributed by atoms with Crippen molar-refractivity contribution >= 4 is 17.3 Å². The molecule has 0 saturated carbocycles. The lowest BCUT2D eigenvalue weighted by molar-refractivity contribution is 0.0702. The van der Waals surface area contributed by atoms with E-state index in [0.717, 1.165) is 22.5 Å². The number of thiazole rings is 1. The maximum atomic E-state index is 10.8. The van der Waals surface area contributed by atoms with Gasteiger partial charge in [0.05, 0.1) is 6.20 Å². The van der Waals surface area contributed by atoms with Crippen LogP contribution in [0.1, 0.15) is 15.2 Å². The van der Waals surface area contributed by atoms with E-state index in [0.29, 0.717) is 11.8 Å². The van der Waals surface area contributed by atoms with Crippen molar-refractivity contribution in [3.63, 3.8) is 0 Å². The highest BCUT2D eigenvalue weighted by Crippen LogP contribution is 2.23. The van der Waals surface area contributed by atoms with Crippen molar-refractivity contribution in [2.75, 3.05) is 0 Å². The fraction of sp³-hybridized carbons (Fsp3) is 0.0588. The molecule has 0 atom stereocenters. The summed E-state index contributed by atoms with van der Waals surface area (Å²) < 4.78 is 5.51. The lowest BCUT2D eigenvalue weighted by Gasteiger charge is -2.05. The van der Waals surface area contributed by atoms with Crippen molar-refractivity contribution in [3.05, 3.63) is 71.2 Å². The summed E-state index contributed by atoms with van der Waals surface area (Å²) >= 11 is 1.03. The molecule has 0 radical (unpaired) electrons. The Morgan fingerprint density at radius 1 is 1.05 bits per heavy atom. The normalized spacial score (nSPS) is 10.4. The zero-order chi connectivity index (χ0) is 15.4. The Kier molecular flexibility index (Phi) is 4.16. The van der Waals surface area contributed by atoms with Gasteiger partial charge in [0, 0.05) is 0 Å². The second kappa shape index (κ2) is 6.41. The molecule has 2 aromatic carbocycles. The maximum absolute atomic E-state index is 10.8. The predicted octanol–water partition coefficient (Wildman–Crippen LogP) is 4.09. The van der Waals surface area contributed by atoms with Crippen LogP contribution < -0.4 is 4.74 Å². The standard InChI is InChI=1S/C17H13NO3S/c19-16(20)15-10-18-17(22-15)21-11-12-6-8-14(9-7-12)13-4-2-1-3-5-13/h1-10H,11H2,(H,19,20). The van der Waals surface area contributed by atoms with Crippen molar-refractivity contribution in [1.82, 2.24) is 4.98 Å². The molecule has 0 aliphatic heterocycles.